The topological polar surface area (TPSA) is 46.1 Å². The number of aryl methyl sites for hydroxylation is 1. The second-order valence-electron chi connectivity index (χ2n) is 6.33. The summed E-state index contributed by atoms with van der Waals surface area (Å²) in [6, 6.07) is 14.4. The number of thiazole rings is 1. The summed E-state index contributed by atoms with van der Waals surface area (Å²) in [5, 5.41) is 1.85. The molecule has 0 atom stereocenters. The summed E-state index contributed by atoms with van der Waals surface area (Å²) >= 11 is 13.6. The molecule has 0 aliphatic rings. The van der Waals surface area contributed by atoms with E-state index in [2.05, 4.69) is 4.98 Å². The van der Waals surface area contributed by atoms with Crippen LogP contribution in [0.25, 0.3) is 10.2 Å². The van der Waals surface area contributed by atoms with E-state index in [4.69, 9.17) is 28.2 Å². The number of hydrogen-bond donors (Lipinski definition) is 0. The zero-order chi connectivity index (χ0) is 19.7. The van der Waals surface area contributed by atoms with Gasteiger partial charge in [0.2, 0.25) is 0 Å². The predicted octanol–water partition coefficient (Wildman–Crippen LogP) is 6.15. The van der Waals surface area contributed by atoms with Crippen molar-refractivity contribution < 1.29 is 4.79 Å². The number of aromatic nitrogens is 2. The standard InChI is InChI=1S/C21H15Cl2N3OS/c1-13-9-17(23)10-18-19(13)25-21(28-18)26(12-14-3-2-8-24-11-14)20(27)15-4-6-16(22)7-5-15/h2-11H,12H2,1H3. The van der Waals surface area contributed by atoms with Crippen LogP contribution in [-0.4, -0.2) is 15.9 Å². The lowest BCUT2D eigenvalue weighted by molar-refractivity contribution is 0.0985. The Morgan fingerprint density at radius 2 is 1.89 bits per heavy atom. The zero-order valence-electron chi connectivity index (χ0n) is 14.9. The number of rotatable bonds is 4. The van der Waals surface area contributed by atoms with Crippen molar-refractivity contribution in [3.8, 4) is 0 Å². The Kier molecular flexibility index (Phi) is 5.31. The number of pyridine rings is 1. The lowest BCUT2D eigenvalue weighted by atomic mass is 10.2. The molecule has 28 heavy (non-hydrogen) atoms. The molecule has 2 heterocycles. The van der Waals surface area contributed by atoms with E-state index in [-0.39, 0.29) is 5.91 Å². The number of anilines is 1. The molecule has 7 heteroatoms. The van der Waals surface area contributed by atoms with Crippen molar-refractivity contribution in [3.05, 3.63) is 87.7 Å². The van der Waals surface area contributed by atoms with Gasteiger partial charge in [0.25, 0.3) is 5.91 Å². The van der Waals surface area contributed by atoms with Gasteiger partial charge in [-0.2, -0.15) is 0 Å². The first kappa shape index (κ1) is 18.9. The SMILES string of the molecule is Cc1cc(Cl)cc2sc(N(Cc3cccnc3)C(=O)c3ccc(Cl)cc3)nc12. The highest BCUT2D eigenvalue weighted by Gasteiger charge is 2.22. The zero-order valence-corrected chi connectivity index (χ0v) is 17.2. The first-order valence-corrected chi connectivity index (χ1v) is 10.1. The van der Waals surface area contributed by atoms with Gasteiger partial charge in [0.15, 0.2) is 5.13 Å². The molecule has 0 radical (unpaired) electrons. The largest absolute Gasteiger partial charge is 0.279 e. The first-order valence-electron chi connectivity index (χ1n) is 8.54. The monoisotopic (exact) mass is 427 g/mol. The minimum atomic E-state index is -0.150. The molecule has 0 spiro atoms. The maximum atomic E-state index is 13.3. The number of nitrogens with zero attached hydrogens (tertiary/aromatic N) is 3. The number of hydrogen-bond acceptors (Lipinski definition) is 4. The van der Waals surface area contributed by atoms with Crippen LogP contribution in [-0.2, 0) is 6.54 Å². The molecule has 0 fully saturated rings. The molecule has 140 valence electrons. The van der Waals surface area contributed by atoms with Crippen LogP contribution in [0.1, 0.15) is 21.5 Å². The Balaban J connectivity index is 1.79. The van der Waals surface area contributed by atoms with Gasteiger partial charge in [-0.3, -0.25) is 14.7 Å². The molecule has 1 amide bonds. The minimum Gasteiger partial charge on any atom is -0.279 e. The summed E-state index contributed by atoms with van der Waals surface area (Å²) in [7, 11) is 0. The summed E-state index contributed by atoms with van der Waals surface area (Å²) in [6.45, 7) is 2.33. The van der Waals surface area contributed by atoms with Crippen LogP contribution < -0.4 is 4.90 Å². The highest BCUT2D eigenvalue weighted by molar-refractivity contribution is 7.22. The van der Waals surface area contributed by atoms with E-state index in [9.17, 15) is 4.79 Å². The van der Waals surface area contributed by atoms with Crippen LogP contribution >= 0.6 is 34.5 Å². The average Bonchev–Trinajstić information content (AvgIpc) is 3.11. The van der Waals surface area contributed by atoms with Crippen LogP contribution in [0.4, 0.5) is 5.13 Å². The Bertz CT molecular complexity index is 1140. The molecule has 2 aromatic heterocycles. The molecule has 2 aromatic carbocycles. The van der Waals surface area contributed by atoms with Crippen molar-refractivity contribution in [2.45, 2.75) is 13.5 Å². The fraction of sp³-hybridized carbons (Fsp3) is 0.0952. The van der Waals surface area contributed by atoms with E-state index in [0.717, 1.165) is 21.3 Å². The van der Waals surface area contributed by atoms with Gasteiger partial charge in [-0.15, -0.1) is 0 Å². The Labute approximate surface area is 176 Å². The van der Waals surface area contributed by atoms with E-state index in [1.807, 2.05) is 31.2 Å². The molecule has 0 bridgehead atoms. The van der Waals surface area contributed by atoms with Crippen molar-refractivity contribution in [2.75, 3.05) is 4.90 Å². The third kappa shape index (κ3) is 3.87. The molecule has 0 unspecified atom stereocenters. The van der Waals surface area contributed by atoms with E-state index in [1.54, 1.807) is 41.6 Å². The number of amides is 1. The third-order valence-corrected chi connectivity index (χ3v) is 5.77. The number of halogens is 2. The number of fused-ring (bicyclic) bond motifs is 1. The van der Waals surface area contributed by atoms with Crippen LogP contribution in [0, 0.1) is 6.92 Å². The van der Waals surface area contributed by atoms with Gasteiger partial charge in [-0.05, 0) is 60.5 Å². The number of carbonyl (C=O) groups is 1. The maximum Gasteiger partial charge on any atom is 0.260 e. The molecule has 4 nitrogen and oxygen atoms in total. The highest BCUT2D eigenvalue weighted by Crippen LogP contribution is 2.34. The fourth-order valence-corrected chi connectivity index (χ4v) is 4.45. The summed E-state index contributed by atoms with van der Waals surface area (Å²) in [4.78, 5) is 23.8. The molecular formula is C21H15Cl2N3OS. The van der Waals surface area contributed by atoms with Gasteiger partial charge >= 0.3 is 0 Å². The first-order chi connectivity index (χ1) is 13.5. The van der Waals surface area contributed by atoms with Crippen LogP contribution in [0.2, 0.25) is 10.0 Å². The summed E-state index contributed by atoms with van der Waals surface area (Å²) in [5.74, 6) is -0.150. The average molecular weight is 428 g/mol. The second-order valence-corrected chi connectivity index (χ2v) is 8.21. The number of carbonyl (C=O) groups excluding carboxylic acids is 1. The van der Waals surface area contributed by atoms with Crippen LogP contribution in [0.15, 0.2) is 60.9 Å². The van der Waals surface area contributed by atoms with E-state index in [1.165, 1.54) is 11.3 Å². The van der Waals surface area contributed by atoms with Crippen LogP contribution in [0.5, 0.6) is 0 Å². The lowest BCUT2D eigenvalue weighted by Crippen LogP contribution is -2.30. The Hall–Kier alpha value is -2.47. The molecule has 4 aromatic rings. The quantitative estimate of drug-likeness (QED) is 0.392. The molecule has 0 aliphatic heterocycles. The highest BCUT2D eigenvalue weighted by atomic mass is 35.5. The third-order valence-electron chi connectivity index (χ3n) is 4.27. The molecule has 0 aliphatic carbocycles. The second kappa shape index (κ2) is 7.87. The van der Waals surface area contributed by atoms with E-state index >= 15 is 0 Å². The van der Waals surface area contributed by atoms with Gasteiger partial charge in [0.1, 0.15) is 0 Å². The van der Waals surface area contributed by atoms with Gasteiger partial charge in [0, 0.05) is 28.0 Å². The maximum absolute atomic E-state index is 13.3. The molecule has 0 N–H and O–H groups in total. The van der Waals surface area contributed by atoms with Gasteiger partial charge in [-0.25, -0.2) is 4.98 Å². The van der Waals surface area contributed by atoms with Gasteiger partial charge < -0.3 is 0 Å². The van der Waals surface area contributed by atoms with Gasteiger partial charge in [-0.1, -0.05) is 40.6 Å². The Morgan fingerprint density at radius 3 is 2.61 bits per heavy atom. The normalized spacial score (nSPS) is 11.0. The summed E-state index contributed by atoms with van der Waals surface area (Å²) < 4.78 is 0.945. The molecule has 4 rings (SSSR count). The van der Waals surface area contributed by atoms with Crippen molar-refractivity contribution >= 4 is 55.8 Å². The van der Waals surface area contributed by atoms with Crippen molar-refractivity contribution in [1.29, 1.82) is 0 Å². The van der Waals surface area contributed by atoms with Crippen molar-refractivity contribution in [1.82, 2.24) is 9.97 Å². The molecule has 0 saturated carbocycles. The van der Waals surface area contributed by atoms with Gasteiger partial charge in [0.05, 0.1) is 16.8 Å². The summed E-state index contributed by atoms with van der Waals surface area (Å²) in [5.41, 5.74) is 3.29. The summed E-state index contributed by atoms with van der Waals surface area (Å²) in [6.07, 6.45) is 3.45. The van der Waals surface area contributed by atoms with Crippen LogP contribution in [0.3, 0.4) is 0 Å². The number of benzene rings is 2. The molecular weight excluding hydrogens is 413 g/mol. The lowest BCUT2D eigenvalue weighted by Gasteiger charge is -2.20. The smallest absolute Gasteiger partial charge is 0.260 e. The van der Waals surface area contributed by atoms with Crippen molar-refractivity contribution in [2.24, 2.45) is 0 Å². The molecule has 0 saturated heterocycles. The predicted molar refractivity (Wildman–Crippen MR) is 116 cm³/mol. The van der Waals surface area contributed by atoms with E-state index < -0.39 is 0 Å². The fourth-order valence-electron chi connectivity index (χ4n) is 2.91. The van der Waals surface area contributed by atoms with Crippen molar-refractivity contribution in [3.63, 3.8) is 0 Å². The van der Waals surface area contributed by atoms with E-state index in [0.29, 0.717) is 27.3 Å². The minimum absolute atomic E-state index is 0.150. The Morgan fingerprint density at radius 1 is 1.11 bits per heavy atom.